The van der Waals surface area contributed by atoms with Gasteiger partial charge in [-0.05, 0) is 12.2 Å². The van der Waals surface area contributed by atoms with Crippen LogP contribution >= 0.6 is 12.2 Å². The summed E-state index contributed by atoms with van der Waals surface area (Å²) in [7, 11) is 0. The minimum atomic E-state index is -0.334. The Morgan fingerprint density at radius 3 is 3.11 bits per heavy atom. The maximum Gasteiger partial charge on any atom is 0.257 e. The molecule has 0 amide bonds. The Labute approximate surface area is 58.6 Å². The molecule has 1 saturated heterocycles. The summed E-state index contributed by atoms with van der Waals surface area (Å²) in [6.45, 7) is 0.747. The smallest absolute Gasteiger partial charge is 0.257 e. The third-order valence-electron chi connectivity index (χ3n) is 1.07. The summed E-state index contributed by atoms with van der Waals surface area (Å²) in [4.78, 5) is 0. The van der Waals surface area contributed by atoms with Gasteiger partial charge in [-0.3, -0.25) is 0 Å². The molecule has 0 spiro atoms. The highest BCUT2D eigenvalue weighted by atomic mass is 32.1. The van der Waals surface area contributed by atoms with Gasteiger partial charge in [-0.2, -0.15) is 5.26 Å². The largest absolute Gasteiger partial charge is 0.452 e. The molecule has 1 heterocycles. The Morgan fingerprint density at radius 1 is 1.89 bits per heavy atom. The van der Waals surface area contributed by atoms with Crippen LogP contribution in [0.1, 0.15) is 6.42 Å². The monoisotopic (exact) mass is 142 g/mol. The van der Waals surface area contributed by atoms with Crippen molar-refractivity contribution in [3.63, 3.8) is 0 Å². The van der Waals surface area contributed by atoms with Crippen molar-refractivity contribution in [3.8, 4) is 6.07 Å². The van der Waals surface area contributed by atoms with Crippen LogP contribution < -0.4 is 5.32 Å². The molecule has 9 heavy (non-hydrogen) atoms. The molecule has 0 saturated carbocycles. The van der Waals surface area contributed by atoms with Crippen LogP contribution in [0.4, 0.5) is 0 Å². The summed E-state index contributed by atoms with van der Waals surface area (Å²) in [5, 5.41) is 11.5. The van der Waals surface area contributed by atoms with Gasteiger partial charge in [-0.1, -0.05) is 0 Å². The number of hydrogen-bond acceptors (Lipinski definition) is 3. The summed E-state index contributed by atoms with van der Waals surface area (Å²) < 4.78 is 4.89. The summed E-state index contributed by atoms with van der Waals surface area (Å²) in [6, 6.07) is 1.98. The van der Waals surface area contributed by atoms with Crippen molar-refractivity contribution in [3.05, 3.63) is 0 Å². The van der Waals surface area contributed by atoms with E-state index < -0.39 is 0 Å². The maximum atomic E-state index is 8.35. The first-order valence-electron chi connectivity index (χ1n) is 2.67. The summed E-state index contributed by atoms with van der Waals surface area (Å²) >= 11 is 4.66. The number of hydrogen-bond donors (Lipinski definition) is 1. The lowest BCUT2D eigenvalue weighted by atomic mass is 10.2. The Balaban J connectivity index is 2.43. The van der Waals surface area contributed by atoms with Crippen LogP contribution in [-0.4, -0.2) is 17.8 Å². The summed E-state index contributed by atoms with van der Waals surface area (Å²) in [5.41, 5.74) is 0. The van der Waals surface area contributed by atoms with Gasteiger partial charge in [0.25, 0.3) is 5.17 Å². The van der Waals surface area contributed by atoms with E-state index in [9.17, 15) is 0 Å². The lowest BCUT2D eigenvalue weighted by Crippen LogP contribution is -2.36. The summed E-state index contributed by atoms with van der Waals surface area (Å²) in [5.74, 6) is 0. The van der Waals surface area contributed by atoms with Crippen LogP contribution in [0.15, 0.2) is 0 Å². The van der Waals surface area contributed by atoms with E-state index in [0.29, 0.717) is 5.17 Å². The van der Waals surface area contributed by atoms with Gasteiger partial charge in [0.05, 0.1) is 0 Å². The van der Waals surface area contributed by atoms with Crippen molar-refractivity contribution in [2.45, 2.75) is 12.5 Å². The molecule has 4 heteroatoms. The lowest BCUT2D eigenvalue weighted by Gasteiger charge is -2.19. The zero-order valence-electron chi connectivity index (χ0n) is 4.76. The topological polar surface area (TPSA) is 45.0 Å². The Hall–Kier alpha value is -0.820. The highest BCUT2D eigenvalue weighted by Crippen LogP contribution is 2.01. The van der Waals surface area contributed by atoms with Crippen molar-refractivity contribution in [1.82, 2.24) is 5.32 Å². The Kier molecular flexibility index (Phi) is 1.85. The SMILES string of the molecule is N#CC1CCNC(=S)O1. The van der Waals surface area contributed by atoms with Gasteiger partial charge in [0.2, 0.25) is 0 Å². The summed E-state index contributed by atoms with van der Waals surface area (Å²) in [6.07, 6.45) is 0.384. The van der Waals surface area contributed by atoms with Gasteiger partial charge >= 0.3 is 0 Å². The highest BCUT2D eigenvalue weighted by molar-refractivity contribution is 7.80. The van der Waals surface area contributed by atoms with Crippen LogP contribution in [0.2, 0.25) is 0 Å². The number of nitrogens with zero attached hydrogens (tertiary/aromatic N) is 1. The second-order valence-electron chi connectivity index (χ2n) is 1.74. The molecule has 0 aliphatic carbocycles. The first-order chi connectivity index (χ1) is 4.33. The van der Waals surface area contributed by atoms with Gasteiger partial charge in [0, 0.05) is 13.0 Å². The molecule has 1 atom stereocenters. The van der Waals surface area contributed by atoms with Gasteiger partial charge in [-0.25, -0.2) is 0 Å². The minimum absolute atomic E-state index is 0.334. The normalized spacial score (nSPS) is 25.7. The van der Waals surface area contributed by atoms with E-state index in [2.05, 4.69) is 17.5 Å². The number of nitriles is 1. The second kappa shape index (κ2) is 2.65. The van der Waals surface area contributed by atoms with Gasteiger partial charge in [0.1, 0.15) is 6.07 Å². The molecule has 0 aromatic carbocycles. The maximum absolute atomic E-state index is 8.35. The molecular weight excluding hydrogens is 136 g/mol. The average molecular weight is 142 g/mol. The van der Waals surface area contributed by atoms with E-state index in [1.807, 2.05) is 6.07 Å². The van der Waals surface area contributed by atoms with Crippen molar-refractivity contribution < 1.29 is 4.74 Å². The highest BCUT2D eigenvalue weighted by Gasteiger charge is 2.15. The fourth-order valence-electron chi connectivity index (χ4n) is 0.626. The molecule has 3 nitrogen and oxygen atoms in total. The van der Waals surface area contributed by atoms with Crippen LogP contribution in [0, 0.1) is 11.3 Å². The molecule has 1 N–H and O–H groups in total. The molecule has 0 aromatic heterocycles. The second-order valence-corrected chi connectivity index (χ2v) is 2.11. The van der Waals surface area contributed by atoms with E-state index in [1.54, 1.807) is 0 Å². The molecule has 0 bridgehead atoms. The van der Waals surface area contributed by atoms with Crippen molar-refractivity contribution >= 4 is 17.4 Å². The fraction of sp³-hybridized carbons (Fsp3) is 0.600. The molecule has 0 aromatic rings. The van der Waals surface area contributed by atoms with E-state index in [1.165, 1.54) is 0 Å². The Bertz CT molecular complexity index is 163. The molecule has 1 aliphatic rings. The quantitative estimate of drug-likeness (QED) is 0.490. The van der Waals surface area contributed by atoms with Gasteiger partial charge in [0.15, 0.2) is 6.10 Å². The van der Waals surface area contributed by atoms with E-state index in [0.717, 1.165) is 13.0 Å². The predicted octanol–water partition coefficient (Wildman–Crippen LogP) is 0.173. The standard InChI is InChI=1S/C5H6N2OS/c6-3-4-1-2-7-5(9)8-4/h4H,1-2H2,(H,7,9). The van der Waals surface area contributed by atoms with E-state index in [4.69, 9.17) is 10.00 Å². The first-order valence-corrected chi connectivity index (χ1v) is 3.08. The zero-order chi connectivity index (χ0) is 6.69. The first kappa shape index (κ1) is 6.30. The molecule has 1 aliphatic heterocycles. The number of rotatable bonds is 0. The van der Waals surface area contributed by atoms with Gasteiger partial charge < -0.3 is 10.1 Å². The minimum Gasteiger partial charge on any atom is -0.452 e. The predicted molar refractivity (Wildman–Crippen MR) is 35.7 cm³/mol. The Morgan fingerprint density at radius 2 is 2.67 bits per heavy atom. The molecule has 0 radical (unpaired) electrons. The van der Waals surface area contributed by atoms with E-state index in [-0.39, 0.29) is 6.10 Å². The molecule has 1 fully saturated rings. The van der Waals surface area contributed by atoms with Gasteiger partial charge in [-0.15, -0.1) is 0 Å². The average Bonchev–Trinajstić information content (AvgIpc) is 1.88. The van der Waals surface area contributed by atoms with Crippen molar-refractivity contribution in [2.24, 2.45) is 0 Å². The number of nitrogens with one attached hydrogen (secondary N) is 1. The third kappa shape index (κ3) is 1.54. The molecular formula is C5H6N2OS. The molecule has 1 rings (SSSR count). The zero-order valence-corrected chi connectivity index (χ0v) is 5.57. The van der Waals surface area contributed by atoms with Crippen molar-refractivity contribution in [1.29, 1.82) is 5.26 Å². The lowest BCUT2D eigenvalue weighted by molar-refractivity contribution is 0.205. The molecule has 1 unspecified atom stereocenters. The van der Waals surface area contributed by atoms with Crippen LogP contribution in [0.25, 0.3) is 0 Å². The van der Waals surface area contributed by atoms with Crippen LogP contribution in [0.3, 0.4) is 0 Å². The molecule has 48 valence electrons. The van der Waals surface area contributed by atoms with E-state index >= 15 is 0 Å². The van der Waals surface area contributed by atoms with Crippen LogP contribution in [0.5, 0.6) is 0 Å². The van der Waals surface area contributed by atoms with Crippen LogP contribution in [-0.2, 0) is 4.74 Å². The third-order valence-corrected chi connectivity index (χ3v) is 1.31. The number of ether oxygens (including phenoxy) is 1. The number of thiocarbonyl (C=S) groups is 1. The fourth-order valence-corrected chi connectivity index (χ4v) is 0.844. The van der Waals surface area contributed by atoms with Crippen molar-refractivity contribution in [2.75, 3.05) is 6.54 Å².